The van der Waals surface area contributed by atoms with Crippen LogP contribution in [0, 0.1) is 0 Å². The molecule has 0 radical (unpaired) electrons. The third-order valence-electron chi connectivity index (χ3n) is 3.59. The second kappa shape index (κ2) is 5.76. The van der Waals surface area contributed by atoms with Crippen molar-refractivity contribution >= 4 is 17.5 Å². The van der Waals surface area contributed by atoms with Gasteiger partial charge in [0.1, 0.15) is 5.15 Å². The molecular weight excluding hydrogens is 315 g/mol. The summed E-state index contributed by atoms with van der Waals surface area (Å²) in [5, 5.41) is 3.36. The second-order valence-electron chi connectivity index (χ2n) is 5.17. The summed E-state index contributed by atoms with van der Waals surface area (Å²) in [4.78, 5) is 8.52. The minimum atomic E-state index is -4.34. The zero-order chi connectivity index (χ0) is 15.7. The number of alkyl halides is 3. The van der Waals surface area contributed by atoms with Gasteiger partial charge in [0.05, 0.1) is 11.3 Å². The third kappa shape index (κ3) is 3.16. The first-order valence-corrected chi connectivity index (χ1v) is 7.26. The summed E-state index contributed by atoms with van der Waals surface area (Å²) < 4.78 is 38.0. The number of rotatable bonds is 3. The molecule has 1 aromatic heterocycles. The zero-order valence-electron chi connectivity index (χ0n) is 11.5. The smallest absolute Gasteiger partial charge is 0.350 e. The van der Waals surface area contributed by atoms with Crippen LogP contribution in [-0.2, 0) is 25.6 Å². The maximum absolute atomic E-state index is 12.7. The highest BCUT2D eigenvalue weighted by Crippen LogP contribution is 2.30. The first-order valence-electron chi connectivity index (χ1n) is 6.89. The Morgan fingerprint density at radius 2 is 2.00 bits per heavy atom. The molecule has 3 rings (SSSR count). The minimum absolute atomic E-state index is 0.207. The lowest BCUT2D eigenvalue weighted by Gasteiger charge is -2.10. The molecule has 0 saturated heterocycles. The van der Waals surface area contributed by atoms with Crippen molar-refractivity contribution in [3.8, 4) is 0 Å². The van der Waals surface area contributed by atoms with Crippen molar-refractivity contribution < 1.29 is 13.2 Å². The van der Waals surface area contributed by atoms with Crippen LogP contribution < -0.4 is 5.32 Å². The first-order chi connectivity index (χ1) is 10.4. The number of hydrogen-bond acceptors (Lipinski definition) is 3. The molecule has 1 N–H and O–H groups in total. The quantitative estimate of drug-likeness (QED) is 0.856. The average molecular weight is 328 g/mol. The largest absolute Gasteiger partial charge is 0.416 e. The highest BCUT2D eigenvalue weighted by atomic mass is 35.5. The Hall–Kier alpha value is -1.82. The molecular formula is C15H13ClF3N3. The number of hydrogen-bond donors (Lipinski definition) is 1. The van der Waals surface area contributed by atoms with Gasteiger partial charge in [0.2, 0.25) is 5.95 Å². The monoisotopic (exact) mass is 327 g/mol. The average Bonchev–Trinajstić information content (AvgIpc) is 2.93. The Balaban J connectivity index is 1.75. The molecule has 0 bridgehead atoms. The van der Waals surface area contributed by atoms with E-state index in [2.05, 4.69) is 15.3 Å². The molecule has 116 valence electrons. The molecule has 1 aliphatic rings. The number of nitrogens with zero attached hydrogens (tertiary/aromatic N) is 2. The predicted molar refractivity (Wildman–Crippen MR) is 77.8 cm³/mol. The molecule has 3 nitrogen and oxygen atoms in total. The maximum Gasteiger partial charge on any atom is 0.416 e. The van der Waals surface area contributed by atoms with E-state index in [1.807, 2.05) is 0 Å². The highest BCUT2D eigenvalue weighted by Gasteiger charge is 2.30. The lowest BCUT2D eigenvalue weighted by Crippen LogP contribution is -2.08. The van der Waals surface area contributed by atoms with Crippen LogP contribution in [0.4, 0.5) is 19.1 Å². The molecule has 0 fully saturated rings. The van der Waals surface area contributed by atoms with Crippen LogP contribution in [0.2, 0.25) is 5.15 Å². The summed E-state index contributed by atoms with van der Waals surface area (Å²) in [7, 11) is 0. The van der Waals surface area contributed by atoms with Crippen LogP contribution >= 0.6 is 11.6 Å². The summed E-state index contributed by atoms with van der Waals surface area (Å²) in [6, 6.07) is 5.17. The Kier molecular flexibility index (Phi) is 3.95. The van der Waals surface area contributed by atoms with E-state index < -0.39 is 11.7 Å². The Morgan fingerprint density at radius 1 is 1.18 bits per heavy atom. The van der Waals surface area contributed by atoms with Crippen LogP contribution in [-0.4, -0.2) is 9.97 Å². The number of benzene rings is 1. The van der Waals surface area contributed by atoms with Crippen molar-refractivity contribution in [1.29, 1.82) is 0 Å². The Morgan fingerprint density at radius 3 is 2.77 bits per heavy atom. The second-order valence-corrected chi connectivity index (χ2v) is 5.53. The number of halogens is 4. The van der Waals surface area contributed by atoms with Crippen LogP contribution in [0.1, 0.15) is 28.8 Å². The van der Waals surface area contributed by atoms with E-state index in [4.69, 9.17) is 11.6 Å². The van der Waals surface area contributed by atoms with Gasteiger partial charge in [0.15, 0.2) is 0 Å². The van der Waals surface area contributed by atoms with Gasteiger partial charge in [-0.25, -0.2) is 9.97 Å². The van der Waals surface area contributed by atoms with Crippen LogP contribution in [0.25, 0.3) is 0 Å². The SMILES string of the molecule is FC(F)(F)c1cccc(CNc2nc(Cl)c3c(n2)CCC3)c1. The predicted octanol–water partition coefficient (Wildman–Crippen LogP) is 4.25. The van der Waals surface area contributed by atoms with Gasteiger partial charge in [0.25, 0.3) is 0 Å². The molecule has 0 saturated carbocycles. The molecule has 0 spiro atoms. The molecule has 0 amide bonds. The van der Waals surface area contributed by atoms with Crippen LogP contribution in [0.15, 0.2) is 24.3 Å². The summed E-state index contributed by atoms with van der Waals surface area (Å²) in [5.41, 5.74) is 1.74. The number of aromatic nitrogens is 2. The van der Waals surface area contributed by atoms with E-state index >= 15 is 0 Å². The van der Waals surface area contributed by atoms with Crippen molar-refractivity contribution in [2.75, 3.05) is 5.32 Å². The zero-order valence-corrected chi connectivity index (χ0v) is 12.3. The number of anilines is 1. The number of fused-ring (bicyclic) bond motifs is 1. The highest BCUT2D eigenvalue weighted by molar-refractivity contribution is 6.30. The lowest BCUT2D eigenvalue weighted by atomic mass is 10.1. The molecule has 2 aromatic rings. The summed E-state index contributed by atoms with van der Waals surface area (Å²) in [6.45, 7) is 0.207. The Bertz CT molecular complexity index is 701. The van der Waals surface area contributed by atoms with Gasteiger partial charge < -0.3 is 5.32 Å². The molecule has 1 aliphatic carbocycles. The normalized spacial score (nSPS) is 14.0. The summed E-state index contributed by atoms with van der Waals surface area (Å²) in [5.74, 6) is 0.350. The van der Waals surface area contributed by atoms with E-state index in [9.17, 15) is 13.2 Å². The number of aryl methyl sites for hydroxylation is 1. The van der Waals surface area contributed by atoms with Gasteiger partial charge in [-0.3, -0.25) is 0 Å². The fraction of sp³-hybridized carbons (Fsp3) is 0.333. The van der Waals surface area contributed by atoms with Gasteiger partial charge in [-0.05, 0) is 37.0 Å². The van der Waals surface area contributed by atoms with E-state index in [0.29, 0.717) is 16.7 Å². The van der Waals surface area contributed by atoms with Gasteiger partial charge in [-0.2, -0.15) is 13.2 Å². The van der Waals surface area contributed by atoms with Crippen molar-refractivity contribution in [2.24, 2.45) is 0 Å². The van der Waals surface area contributed by atoms with Gasteiger partial charge in [0, 0.05) is 12.1 Å². The van der Waals surface area contributed by atoms with Crippen LogP contribution in [0.3, 0.4) is 0 Å². The molecule has 22 heavy (non-hydrogen) atoms. The Labute approximate surface area is 130 Å². The fourth-order valence-electron chi connectivity index (χ4n) is 2.50. The van der Waals surface area contributed by atoms with E-state index in [0.717, 1.165) is 42.7 Å². The summed E-state index contributed by atoms with van der Waals surface area (Å²) >= 11 is 6.10. The standard InChI is InChI=1S/C15H13ClF3N3/c16-13-11-5-2-6-12(11)21-14(22-13)20-8-9-3-1-4-10(7-9)15(17,18)19/h1,3-4,7H,2,5-6,8H2,(H,20,21,22). The van der Waals surface area contributed by atoms with Gasteiger partial charge >= 0.3 is 6.18 Å². The molecule has 0 aliphatic heterocycles. The van der Waals surface area contributed by atoms with E-state index in [-0.39, 0.29) is 6.54 Å². The summed E-state index contributed by atoms with van der Waals surface area (Å²) in [6.07, 6.45) is -1.61. The van der Waals surface area contributed by atoms with E-state index in [1.165, 1.54) is 6.07 Å². The molecule has 1 aromatic carbocycles. The van der Waals surface area contributed by atoms with Gasteiger partial charge in [-0.15, -0.1) is 0 Å². The first kappa shape index (κ1) is 15.1. The number of nitrogens with one attached hydrogen (secondary N) is 1. The van der Waals surface area contributed by atoms with Crippen LogP contribution in [0.5, 0.6) is 0 Å². The molecule has 7 heteroatoms. The third-order valence-corrected chi connectivity index (χ3v) is 3.90. The van der Waals surface area contributed by atoms with Crippen molar-refractivity contribution in [3.05, 3.63) is 51.8 Å². The topological polar surface area (TPSA) is 37.8 Å². The lowest BCUT2D eigenvalue weighted by molar-refractivity contribution is -0.137. The van der Waals surface area contributed by atoms with Crippen molar-refractivity contribution in [1.82, 2.24) is 9.97 Å². The molecule has 0 unspecified atom stereocenters. The van der Waals surface area contributed by atoms with E-state index in [1.54, 1.807) is 6.07 Å². The van der Waals surface area contributed by atoms with Crippen molar-refractivity contribution in [3.63, 3.8) is 0 Å². The molecule has 1 heterocycles. The minimum Gasteiger partial charge on any atom is -0.350 e. The van der Waals surface area contributed by atoms with Crippen molar-refractivity contribution in [2.45, 2.75) is 32.0 Å². The molecule has 0 atom stereocenters. The van der Waals surface area contributed by atoms with Gasteiger partial charge in [-0.1, -0.05) is 23.7 Å². The fourth-order valence-corrected chi connectivity index (χ4v) is 2.79. The maximum atomic E-state index is 12.7.